The summed E-state index contributed by atoms with van der Waals surface area (Å²) < 4.78 is 5.38. The van der Waals surface area contributed by atoms with Gasteiger partial charge in [0.25, 0.3) is 0 Å². The molecule has 1 fully saturated rings. The minimum Gasteiger partial charge on any atom is -0.342 e. The molecule has 2 heterocycles. The molecule has 1 saturated heterocycles. The zero-order valence-corrected chi connectivity index (χ0v) is 13.1. The molecule has 1 aliphatic rings. The molecule has 1 amide bonds. The summed E-state index contributed by atoms with van der Waals surface area (Å²) in [6.07, 6.45) is 6.94. The molecule has 1 aromatic rings. The normalized spacial score (nSPS) is 16.6. The Morgan fingerprint density at radius 3 is 2.85 bits per heavy atom. The second-order valence-electron chi connectivity index (χ2n) is 5.24. The summed E-state index contributed by atoms with van der Waals surface area (Å²) in [7, 11) is 0. The molecule has 0 atom stereocenters. The average molecular weight is 297 g/mol. The number of likely N-dealkylation sites (tertiary alicyclic amines) is 1. The topological polar surface area (TPSA) is 59.2 Å². The molecular weight excluding hydrogens is 274 g/mol. The van der Waals surface area contributed by atoms with E-state index in [1.165, 1.54) is 0 Å². The summed E-state index contributed by atoms with van der Waals surface area (Å²) in [5.41, 5.74) is 0. The highest BCUT2D eigenvalue weighted by molar-refractivity contribution is 7.99. The van der Waals surface area contributed by atoms with E-state index in [4.69, 9.17) is 4.52 Å². The summed E-state index contributed by atoms with van der Waals surface area (Å²) in [6, 6.07) is 0. The number of hydrogen-bond donors (Lipinski definition) is 0. The van der Waals surface area contributed by atoms with Crippen LogP contribution in [0.4, 0.5) is 0 Å². The van der Waals surface area contributed by atoms with Crippen molar-refractivity contribution in [2.45, 2.75) is 44.9 Å². The lowest BCUT2D eigenvalue weighted by molar-refractivity contribution is -0.129. The van der Waals surface area contributed by atoms with Gasteiger partial charge < -0.3 is 9.42 Å². The van der Waals surface area contributed by atoms with Crippen LogP contribution in [0.5, 0.6) is 0 Å². The fraction of sp³-hybridized carbons (Fsp3) is 0.786. The SMILES string of the molecule is CCCCc1noc(C2CCN(C(=O)CSC)CC2)n1. The van der Waals surface area contributed by atoms with Crippen LogP contribution < -0.4 is 0 Å². The molecule has 0 saturated carbocycles. The zero-order chi connectivity index (χ0) is 14.4. The molecule has 5 nitrogen and oxygen atoms in total. The molecule has 1 aromatic heterocycles. The molecular formula is C14H23N3O2S. The van der Waals surface area contributed by atoms with Gasteiger partial charge in [0.15, 0.2) is 5.82 Å². The highest BCUT2D eigenvalue weighted by Crippen LogP contribution is 2.27. The molecule has 0 spiro atoms. The molecule has 0 radical (unpaired) electrons. The van der Waals surface area contributed by atoms with E-state index in [2.05, 4.69) is 17.1 Å². The molecule has 0 unspecified atom stereocenters. The Morgan fingerprint density at radius 2 is 2.20 bits per heavy atom. The number of piperidine rings is 1. The van der Waals surface area contributed by atoms with Gasteiger partial charge in [-0.3, -0.25) is 4.79 Å². The van der Waals surface area contributed by atoms with Crippen molar-refractivity contribution in [1.82, 2.24) is 15.0 Å². The van der Waals surface area contributed by atoms with Gasteiger partial charge in [-0.1, -0.05) is 18.5 Å². The van der Waals surface area contributed by atoms with Crippen molar-refractivity contribution in [3.63, 3.8) is 0 Å². The Balaban J connectivity index is 1.84. The van der Waals surface area contributed by atoms with E-state index in [9.17, 15) is 4.79 Å². The van der Waals surface area contributed by atoms with E-state index in [-0.39, 0.29) is 5.91 Å². The standard InChI is InChI=1S/C14H23N3O2S/c1-3-4-5-12-15-14(19-16-12)11-6-8-17(9-7-11)13(18)10-20-2/h11H,3-10H2,1-2H3. The quantitative estimate of drug-likeness (QED) is 0.807. The first-order valence-corrected chi connectivity index (χ1v) is 8.73. The van der Waals surface area contributed by atoms with Crippen LogP contribution in [0.1, 0.15) is 50.2 Å². The number of carbonyl (C=O) groups is 1. The largest absolute Gasteiger partial charge is 0.342 e. The van der Waals surface area contributed by atoms with Crippen molar-refractivity contribution >= 4 is 17.7 Å². The van der Waals surface area contributed by atoms with Gasteiger partial charge in [0.05, 0.1) is 5.75 Å². The first-order valence-electron chi connectivity index (χ1n) is 7.33. The number of thioether (sulfide) groups is 1. The third-order valence-corrected chi connectivity index (χ3v) is 4.24. The van der Waals surface area contributed by atoms with E-state index in [0.29, 0.717) is 11.7 Å². The Morgan fingerprint density at radius 1 is 1.45 bits per heavy atom. The van der Waals surface area contributed by atoms with E-state index in [1.54, 1.807) is 11.8 Å². The number of hydrogen-bond acceptors (Lipinski definition) is 5. The first-order chi connectivity index (χ1) is 9.74. The fourth-order valence-corrected chi connectivity index (χ4v) is 2.89. The number of unbranched alkanes of at least 4 members (excludes halogenated alkanes) is 1. The summed E-state index contributed by atoms with van der Waals surface area (Å²) in [5, 5.41) is 4.04. The second-order valence-corrected chi connectivity index (χ2v) is 6.11. The summed E-state index contributed by atoms with van der Waals surface area (Å²) >= 11 is 1.58. The van der Waals surface area contributed by atoms with Crippen molar-refractivity contribution in [2.75, 3.05) is 25.1 Å². The summed E-state index contributed by atoms with van der Waals surface area (Å²) in [5.74, 6) is 2.71. The molecule has 0 N–H and O–H groups in total. The van der Waals surface area contributed by atoms with E-state index >= 15 is 0 Å². The van der Waals surface area contributed by atoms with Crippen LogP contribution in [-0.2, 0) is 11.2 Å². The maximum absolute atomic E-state index is 11.8. The molecule has 1 aliphatic heterocycles. The molecule has 0 aromatic carbocycles. The van der Waals surface area contributed by atoms with Crippen LogP contribution in [0.15, 0.2) is 4.52 Å². The number of carbonyl (C=O) groups excluding carboxylic acids is 1. The molecule has 20 heavy (non-hydrogen) atoms. The van der Waals surface area contributed by atoms with Gasteiger partial charge in [0.2, 0.25) is 11.8 Å². The molecule has 0 bridgehead atoms. The Hall–Kier alpha value is -1.04. The summed E-state index contributed by atoms with van der Waals surface area (Å²) in [4.78, 5) is 18.3. The number of rotatable bonds is 6. The van der Waals surface area contributed by atoms with Gasteiger partial charge in [0.1, 0.15) is 0 Å². The zero-order valence-electron chi connectivity index (χ0n) is 12.3. The van der Waals surface area contributed by atoms with Gasteiger partial charge >= 0.3 is 0 Å². The van der Waals surface area contributed by atoms with Crippen LogP contribution in [-0.4, -0.2) is 46.0 Å². The molecule has 2 rings (SSSR count). The number of aryl methyl sites for hydroxylation is 1. The maximum atomic E-state index is 11.8. The van der Waals surface area contributed by atoms with Gasteiger partial charge in [0, 0.05) is 25.4 Å². The van der Waals surface area contributed by atoms with Gasteiger partial charge in [-0.2, -0.15) is 16.7 Å². The Kier molecular flexibility index (Phi) is 5.88. The van der Waals surface area contributed by atoms with Crippen LogP contribution in [0.25, 0.3) is 0 Å². The minimum absolute atomic E-state index is 0.241. The van der Waals surface area contributed by atoms with Crippen molar-refractivity contribution in [1.29, 1.82) is 0 Å². The molecule has 6 heteroatoms. The monoisotopic (exact) mass is 297 g/mol. The van der Waals surface area contributed by atoms with Crippen LogP contribution in [0.3, 0.4) is 0 Å². The third kappa shape index (κ3) is 3.98. The van der Waals surface area contributed by atoms with Gasteiger partial charge in [-0.15, -0.1) is 0 Å². The first kappa shape index (κ1) is 15.4. The van der Waals surface area contributed by atoms with Crippen molar-refractivity contribution in [3.8, 4) is 0 Å². The van der Waals surface area contributed by atoms with E-state index in [1.807, 2.05) is 11.2 Å². The Labute approximate surface area is 124 Å². The number of amides is 1. The van der Waals surface area contributed by atoms with Crippen molar-refractivity contribution in [3.05, 3.63) is 11.7 Å². The van der Waals surface area contributed by atoms with Crippen molar-refractivity contribution in [2.24, 2.45) is 0 Å². The fourth-order valence-electron chi connectivity index (χ4n) is 2.46. The van der Waals surface area contributed by atoms with Crippen LogP contribution in [0, 0.1) is 0 Å². The van der Waals surface area contributed by atoms with Crippen LogP contribution in [0.2, 0.25) is 0 Å². The van der Waals surface area contributed by atoms with Crippen LogP contribution >= 0.6 is 11.8 Å². The highest BCUT2D eigenvalue weighted by atomic mass is 32.2. The van der Waals surface area contributed by atoms with Crippen molar-refractivity contribution < 1.29 is 9.32 Å². The summed E-state index contributed by atoms with van der Waals surface area (Å²) in [6.45, 7) is 3.76. The lowest BCUT2D eigenvalue weighted by atomic mass is 9.97. The lowest BCUT2D eigenvalue weighted by Crippen LogP contribution is -2.38. The highest BCUT2D eigenvalue weighted by Gasteiger charge is 2.27. The number of aromatic nitrogens is 2. The average Bonchev–Trinajstić information content (AvgIpc) is 2.94. The van der Waals surface area contributed by atoms with Gasteiger partial charge in [-0.25, -0.2) is 0 Å². The van der Waals surface area contributed by atoms with E-state index < -0.39 is 0 Å². The molecule has 0 aliphatic carbocycles. The predicted molar refractivity (Wildman–Crippen MR) is 79.8 cm³/mol. The molecule has 112 valence electrons. The van der Waals surface area contributed by atoms with Gasteiger partial charge in [-0.05, 0) is 25.5 Å². The second kappa shape index (κ2) is 7.67. The lowest BCUT2D eigenvalue weighted by Gasteiger charge is -2.30. The third-order valence-electron chi connectivity index (χ3n) is 3.70. The van der Waals surface area contributed by atoms with E-state index in [0.717, 1.165) is 56.9 Å². The predicted octanol–water partition coefficient (Wildman–Crippen LogP) is 2.48. The smallest absolute Gasteiger partial charge is 0.232 e. The Bertz CT molecular complexity index is 428. The maximum Gasteiger partial charge on any atom is 0.232 e. The minimum atomic E-state index is 0.241. The number of nitrogens with zero attached hydrogens (tertiary/aromatic N) is 3.